The van der Waals surface area contributed by atoms with E-state index < -0.39 is 0 Å². The van der Waals surface area contributed by atoms with Gasteiger partial charge >= 0.3 is 0 Å². The third-order valence-electron chi connectivity index (χ3n) is 3.07. The van der Waals surface area contributed by atoms with E-state index in [0.29, 0.717) is 19.5 Å². The first-order valence-corrected chi connectivity index (χ1v) is 6.83. The molecule has 0 aromatic carbocycles. The van der Waals surface area contributed by atoms with Crippen molar-refractivity contribution in [1.82, 2.24) is 14.8 Å². The minimum Gasteiger partial charge on any atom is -0.800 e. The van der Waals surface area contributed by atoms with E-state index in [1.165, 1.54) is 0 Å². The van der Waals surface area contributed by atoms with Crippen molar-refractivity contribution in [2.45, 2.75) is 11.1 Å². The molecule has 1 radical (unpaired) electrons. The van der Waals surface area contributed by atoms with E-state index in [9.17, 15) is 4.79 Å². The van der Waals surface area contributed by atoms with Crippen molar-refractivity contribution in [2.24, 2.45) is 0 Å². The summed E-state index contributed by atoms with van der Waals surface area (Å²) in [6, 6.07) is 3.74. The number of pyridine rings is 1. The van der Waals surface area contributed by atoms with Gasteiger partial charge in [-0.15, -0.1) is 0 Å². The number of nitrogens with zero attached hydrogens (tertiary/aromatic N) is 3. The predicted octanol–water partition coefficient (Wildman–Crippen LogP) is 0.143. The monoisotopic (exact) mass is 478 g/mol. The van der Waals surface area contributed by atoms with Gasteiger partial charge < -0.3 is 35.1 Å². The molecule has 0 aliphatic carbocycles. The van der Waals surface area contributed by atoms with Gasteiger partial charge in [0.05, 0.1) is 6.42 Å². The van der Waals surface area contributed by atoms with Gasteiger partial charge in [-0.05, 0) is 17.7 Å². The number of piperazine rings is 1. The van der Waals surface area contributed by atoms with Crippen molar-refractivity contribution >= 4 is 31.2 Å². The van der Waals surface area contributed by atoms with Gasteiger partial charge in [-0.1, -0.05) is 0 Å². The average molecular weight is 478 g/mol. The normalized spacial score (nSPS) is 16.3. The first kappa shape index (κ1) is 17.1. The van der Waals surface area contributed by atoms with E-state index in [0.717, 1.165) is 18.7 Å². The number of hydrogen-bond acceptors (Lipinski definition) is 5. The summed E-state index contributed by atoms with van der Waals surface area (Å²) in [7, 11) is 0. The van der Waals surface area contributed by atoms with Gasteiger partial charge in [-0.3, -0.25) is 9.78 Å². The number of aromatic nitrogens is 1. The molecule has 0 atom stereocenters. The Morgan fingerprint density at radius 3 is 2.32 bits per heavy atom. The maximum atomic E-state index is 12.1. The van der Waals surface area contributed by atoms with Gasteiger partial charge in [-0.2, -0.15) is 0 Å². The maximum Gasteiger partial charge on any atom is 0.227 e. The molecule has 1 aromatic rings. The van der Waals surface area contributed by atoms with Gasteiger partial charge in [0.2, 0.25) is 5.91 Å². The van der Waals surface area contributed by atoms with Crippen molar-refractivity contribution in [3.63, 3.8) is 0 Å². The van der Waals surface area contributed by atoms with Crippen LogP contribution in [0.15, 0.2) is 24.5 Å². The van der Waals surface area contributed by atoms with Crippen LogP contribution in [0.3, 0.4) is 0 Å². The van der Waals surface area contributed by atoms with E-state index in [1.54, 1.807) is 12.4 Å². The first-order valence-electron chi connectivity index (χ1n) is 5.89. The summed E-state index contributed by atoms with van der Waals surface area (Å²) in [5.74, 6) is 0.158. The largest absolute Gasteiger partial charge is 0.800 e. The van der Waals surface area contributed by atoms with Crippen LogP contribution in [0.5, 0.6) is 0 Å². The van der Waals surface area contributed by atoms with Crippen LogP contribution in [0.25, 0.3) is 0 Å². The molecule has 1 amide bonds. The van der Waals surface area contributed by atoms with Crippen molar-refractivity contribution in [2.75, 3.05) is 26.2 Å². The van der Waals surface area contributed by atoms with Crippen molar-refractivity contribution in [3.05, 3.63) is 30.1 Å². The Hall–Kier alpha value is 0.0203. The second-order valence-electron chi connectivity index (χ2n) is 4.26. The van der Waals surface area contributed by atoms with Crippen molar-refractivity contribution < 1.29 is 27.2 Å². The molecule has 2 rings (SSSR count). The van der Waals surface area contributed by atoms with Crippen LogP contribution in [-0.4, -0.2) is 51.6 Å². The molecule has 0 saturated carbocycles. The molecule has 0 N–H and O–H groups in total. The second kappa shape index (κ2) is 8.34. The van der Waals surface area contributed by atoms with Gasteiger partial charge in [0.1, 0.15) is 0 Å². The summed E-state index contributed by atoms with van der Waals surface area (Å²) in [5.41, 5.74) is 1.00. The summed E-state index contributed by atoms with van der Waals surface area (Å²) in [6.45, 7) is 2.99. The van der Waals surface area contributed by atoms with E-state index in [4.69, 9.17) is 25.3 Å². The van der Waals surface area contributed by atoms with Crippen molar-refractivity contribution in [1.29, 1.82) is 0 Å². The third-order valence-corrected chi connectivity index (χ3v) is 3.67. The fourth-order valence-corrected chi connectivity index (χ4v) is 2.39. The Kier molecular flexibility index (Phi) is 7.49. The fourth-order valence-electron chi connectivity index (χ4n) is 1.97. The van der Waals surface area contributed by atoms with Crippen LogP contribution in [0.2, 0.25) is 0 Å². The third kappa shape index (κ3) is 5.13. The van der Waals surface area contributed by atoms with Gasteiger partial charge in [-0.25, -0.2) is 4.71 Å². The van der Waals surface area contributed by atoms with Crippen LogP contribution in [-0.2, 0) is 58.9 Å². The van der Waals surface area contributed by atoms with Gasteiger partial charge in [0.25, 0.3) is 0 Å². The van der Waals surface area contributed by atoms with E-state index in [1.807, 2.05) is 21.9 Å². The standard InChI is InChI=1S/C12H17N3OS2.Au/c16-11(9-10-1-3-13-4-2-10)14-5-7-15(8-6-14)12(17)18;/h1-4,12,17-18H,5-9H2;/p-2. The molecule has 1 aliphatic rings. The Morgan fingerprint density at radius 2 is 1.79 bits per heavy atom. The molecule has 0 spiro atoms. The van der Waals surface area contributed by atoms with E-state index in [2.05, 4.69) is 4.98 Å². The van der Waals surface area contributed by atoms with E-state index >= 15 is 0 Å². The molecule has 7 heteroatoms. The summed E-state index contributed by atoms with van der Waals surface area (Å²) in [4.78, 5) is 19.9. The molecule has 1 saturated heterocycles. The van der Waals surface area contributed by atoms with Gasteiger partial charge in [0.15, 0.2) is 0 Å². The number of hydrogen-bond donors (Lipinski definition) is 0. The molecule has 2 heterocycles. The fraction of sp³-hybridized carbons (Fsp3) is 0.500. The van der Waals surface area contributed by atoms with Crippen LogP contribution in [0.1, 0.15) is 5.56 Å². The summed E-state index contributed by atoms with van der Waals surface area (Å²) < 4.78 is -0.262. The summed E-state index contributed by atoms with van der Waals surface area (Å²) in [6.07, 6.45) is 3.85. The minimum atomic E-state index is -0.262. The molecule has 109 valence electrons. The smallest absolute Gasteiger partial charge is 0.227 e. The number of rotatable bonds is 3. The zero-order valence-electron chi connectivity index (χ0n) is 10.3. The van der Waals surface area contributed by atoms with Crippen LogP contribution in [0, 0.1) is 0 Å². The number of amides is 1. The number of carbonyl (C=O) groups is 1. The zero-order chi connectivity index (χ0) is 13.0. The summed E-state index contributed by atoms with van der Waals surface area (Å²) >= 11 is 10.1. The maximum absolute atomic E-state index is 12.1. The topological polar surface area (TPSA) is 36.4 Å². The van der Waals surface area contributed by atoms with Crippen molar-refractivity contribution in [3.8, 4) is 0 Å². The quantitative estimate of drug-likeness (QED) is 0.457. The van der Waals surface area contributed by atoms with Crippen LogP contribution >= 0.6 is 0 Å². The first-order chi connectivity index (χ1) is 8.66. The molecule has 0 unspecified atom stereocenters. The molecule has 19 heavy (non-hydrogen) atoms. The molecule has 1 aromatic heterocycles. The Bertz CT molecular complexity index is 397. The Morgan fingerprint density at radius 1 is 1.21 bits per heavy atom. The molecule has 1 aliphatic heterocycles. The molecule has 0 bridgehead atoms. The minimum absolute atomic E-state index is 0. The average Bonchev–Trinajstić information content (AvgIpc) is 2.40. The number of carbonyl (C=O) groups excluding carboxylic acids is 1. The zero-order valence-corrected chi connectivity index (χ0v) is 14.1. The predicted molar refractivity (Wildman–Crippen MR) is 74.6 cm³/mol. The molecule has 4 nitrogen and oxygen atoms in total. The van der Waals surface area contributed by atoms with Gasteiger partial charge in [0, 0.05) is 61.0 Å². The SMILES string of the molecule is O=C(Cc1ccncc1)N1CCN(C([S-])[S-])CC1.[Au]. The summed E-state index contributed by atoms with van der Waals surface area (Å²) in [5, 5.41) is 0. The molecular formula is C12H15AuN3OS2-2. The molecular weight excluding hydrogens is 463 g/mol. The van der Waals surface area contributed by atoms with Crippen LogP contribution in [0.4, 0.5) is 0 Å². The van der Waals surface area contributed by atoms with E-state index in [-0.39, 0.29) is 33.0 Å². The Balaban J connectivity index is 0.00000180. The molecule has 1 fully saturated rings. The van der Waals surface area contributed by atoms with Crippen LogP contribution < -0.4 is 0 Å². The Labute approximate surface area is 140 Å². The second-order valence-corrected chi connectivity index (χ2v) is 5.45.